The first-order valence-corrected chi connectivity index (χ1v) is 9.19. The lowest BCUT2D eigenvalue weighted by Gasteiger charge is -2.22. The average Bonchev–Trinajstić information content (AvgIpc) is 2.91. The zero-order chi connectivity index (χ0) is 19.7. The number of halogens is 1. The van der Waals surface area contributed by atoms with Gasteiger partial charge in [0.05, 0.1) is 18.7 Å². The second-order valence-corrected chi connectivity index (χ2v) is 7.15. The van der Waals surface area contributed by atoms with Crippen LogP contribution in [0, 0.1) is 0 Å². The maximum atomic E-state index is 13.2. The summed E-state index contributed by atoms with van der Waals surface area (Å²) in [4.78, 5) is 31.4. The van der Waals surface area contributed by atoms with Crippen molar-refractivity contribution >= 4 is 29.0 Å². The van der Waals surface area contributed by atoms with Crippen LogP contribution in [0.5, 0.6) is 0 Å². The Kier molecular flexibility index (Phi) is 4.71. The second-order valence-electron chi connectivity index (χ2n) is 6.71. The van der Waals surface area contributed by atoms with Crippen LogP contribution in [0.1, 0.15) is 28.0 Å². The van der Waals surface area contributed by atoms with Crippen LogP contribution in [0.25, 0.3) is 0 Å². The van der Waals surface area contributed by atoms with Crippen molar-refractivity contribution in [2.24, 2.45) is 0 Å². The van der Waals surface area contributed by atoms with Crippen molar-refractivity contribution in [3.63, 3.8) is 0 Å². The van der Waals surface area contributed by atoms with Gasteiger partial charge >= 0.3 is 0 Å². The van der Waals surface area contributed by atoms with Gasteiger partial charge in [-0.1, -0.05) is 48.0 Å². The highest BCUT2D eigenvalue weighted by atomic mass is 35.5. The fraction of sp³-hybridized carbons (Fsp3) is 0.136. The van der Waals surface area contributed by atoms with Gasteiger partial charge in [-0.15, -0.1) is 0 Å². The monoisotopic (exact) mass is 392 g/mol. The van der Waals surface area contributed by atoms with E-state index in [4.69, 9.17) is 11.6 Å². The van der Waals surface area contributed by atoms with Gasteiger partial charge in [0.1, 0.15) is 5.69 Å². The molecule has 0 bridgehead atoms. The minimum atomic E-state index is -1.98. The summed E-state index contributed by atoms with van der Waals surface area (Å²) >= 11 is 6.12. The summed E-state index contributed by atoms with van der Waals surface area (Å²) in [5.41, 5.74) is 0.0227. The van der Waals surface area contributed by atoms with E-state index in [1.54, 1.807) is 36.4 Å². The van der Waals surface area contributed by atoms with E-state index < -0.39 is 23.7 Å². The minimum Gasteiger partial charge on any atom is -0.375 e. The number of pyridine rings is 1. The highest BCUT2D eigenvalue weighted by Crippen LogP contribution is 2.44. The third-order valence-electron chi connectivity index (χ3n) is 4.84. The van der Waals surface area contributed by atoms with Crippen LogP contribution in [-0.4, -0.2) is 21.8 Å². The van der Waals surface area contributed by atoms with Crippen LogP contribution in [0.15, 0.2) is 72.9 Å². The number of fused-ring (bicyclic) bond motifs is 1. The number of carbonyl (C=O) groups excluding carboxylic acids is 2. The molecule has 3 aromatic rings. The van der Waals surface area contributed by atoms with Crippen molar-refractivity contribution < 1.29 is 14.7 Å². The van der Waals surface area contributed by atoms with Crippen molar-refractivity contribution in [2.75, 3.05) is 4.90 Å². The molecule has 5 nitrogen and oxygen atoms in total. The van der Waals surface area contributed by atoms with Gasteiger partial charge in [0, 0.05) is 16.8 Å². The van der Waals surface area contributed by atoms with E-state index in [2.05, 4.69) is 4.98 Å². The number of carbonyl (C=O) groups is 2. The van der Waals surface area contributed by atoms with E-state index in [9.17, 15) is 14.7 Å². The molecule has 1 atom stereocenters. The molecular weight excluding hydrogens is 376 g/mol. The van der Waals surface area contributed by atoms with E-state index in [-0.39, 0.29) is 12.2 Å². The third kappa shape index (κ3) is 3.19. The summed E-state index contributed by atoms with van der Waals surface area (Å²) in [5.74, 6) is -0.957. The van der Waals surface area contributed by atoms with E-state index >= 15 is 0 Å². The fourth-order valence-electron chi connectivity index (χ4n) is 3.47. The first-order valence-electron chi connectivity index (χ1n) is 8.81. The van der Waals surface area contributed by atoms with Crippen LogP contribution in [0.3, 0.4) is 0 Å². The molecular formula is C22H17ClN2O3. The quantitative estimate of drug-likeness (QED) is 0.671. The molecule has 0 saturated heterocycles. The molecule has 0 spiro atoms. The lowest BCUT2D eigenvalue weighted by atomic mass is 9.89. The summed E-state index contributed by atoms with van der Waals surface area (Å²) in [5, 5.41) is 11.7. The van der Waals surface area contributed by atoms with Gasteiger partial charge in [0.15, 0.2) is 11.4 Å². The predicted octanol–water partition coefficient (Wildman–Crippen LogP) is 3.74. The van der Waals surface area contributed by atoms with Crippen molar-refractivity contribution in [2.45, 2.75) is 18.6 Å². The summed E-state index contributed by atoms with van der Waals surface area (Å²) in [6, 6.07) is 19.3. The molecule has 0 aliphatic carbocycles. The molecule has 1 unspecified atom stereocenters. The number of hydrogen-bond donors (Lipinski definition) is 1. The molecule has 140 valence electrons. The number of benzene rings is 2. The Morgan fingerprint density at radius 2 is 1.82 bits per heavy atom. The van der Waals surface area contributed by atoms with E-state index in [1.807, 2.05) is 30.3 Å². The minimum absolute atomic E-state index is 0.203. The topological polar surface area (TPSA) is 70.5 Å². The van der Waals surface area contributed by atoms with Crippen molar-refractivity contribution in [1.29, 1.82) is 0 Å². The van der Waals surface area contributed by atoms with Gasteiger partial charge in [-0.2, -0.15) is 0 Å². The Balaban J connectivity index is 1.72. The lowest BCUT2D eigenvalue weighted by Crippen LogP contribution is -2.41. The maximum Gasteiger partial charge on any atom is 0.264 e. The Morgan fingerprint density at radius 1 is 1.07 bits per heavy atom. The van der Waals surface area contributed by atoms with E-state index in [0.29, 0.717) is 16.3 Å². The highest BCUT2D eigenvalue weighted by molar-refractivity contribution is 6.31. The van der Waals surface area contributed by atoms with Gasteiger partial charge in [0.25, 0.3) is 5.91 Å². The zero-order valence-corrected chi connectivity index (χ0v) is 15.6. The summed E-state index contributed by atoms with van der Waals surface area (Å²) < 4.78 is 0. The predicted molar refractivity (Wildman–Crippen MR) is 106 cm³/mol. The Labute approximate surface area is 167 Å². The van der Waals surface area contributed by atoms with Gasteiger partial charge in [-0.25, -0.2) is 0 Å². The first-order chi connectivity index (χ1) is 13.5. The molecule has 1 aromatic heterocycles. The number of rotatable bonds is 5. The van der Waals surface area contributed by atoms with Gasteiger partial charge in [-0.05, 0) is 35.9 Å². The van der Waals surface area contributed by atoms with Crippen LogP contribution >= 0.6 is 11.6 Å². The van der Waals surface area contributed by atoms with Gasteiger partial charge in [-0.3, -0.25) is 14.6 Å². The smallest absolute Gasteiger partial charge is 0.264 e. The number of ketones is 1. The van der Waals surface area contributed by atoms with Crippen LogP contribution in [-0.2, 0) is 16.9 Å². The average molecular weight is 393 g/mol. The van der Waals surface area contributed by atoms with Gasteiger partial charge in [0.2, 0.25) is 0 Å². The third-order valence-corrected chi connectivity index (χ3v) is 5.08. The van der Waals surface area contributed by atoms with Crippen LogP contribution < -0.4 is 4.90 Å². The van der Waals surface area contributed by atoms with E-state index in [1.165, 1.54) is 11.1 Å². The number of aliphatic hydroxyl groups is 1. The van der Waals surface area contributed by atoms with Crippen molar-refractivity contribution in [1.82, 2.24) is 4.98 Å². The molecule has 6 heteroatoms. The normalized spacial score (nSPS) is 18.2. The standard InChI is InChI=1S/C22H17ClN2O3/c23-16-9-10-19-17(12-16)22(28,13-20(26)18-8-4-5-11-24-18)21(27)25(19)14-15-6-2-1-3-7-15/h1-12,28H,13-14H2. The Hall–Kier alpha value is -3.02. The molecule has 0 saturated carbocycles. The fourth-order valence-corrected chi connectivity index (χ4v) is 3.64. The Morgan fingerprint density at radius 3 is 2.54 bits per heavy atom. The molecule has 1 amide bonds. The number of hydrogen-bond acceptors (Lipinski definition) is 4. The summed E-state index contributed by atoms with van der Waals surface area (Å²) in [7, 11) is 0. The summed E-state index contributed by atoms with van der Waals surface area (Å²) in [6.07, 6.45) is 1.10. The molecule has 28 heavy (non-hydrogen) atoms. The van der Waals surface area contributed by atoms with Crippen molar-refractivity contribution in [3.8, 4) is 0 Å². The molecule has 1 N–H and O–H groups in total. The summed E-state index contributed by atoms with van der Waals surface area (Å²) in [6.45, 7) is 0.286. The molecule has 2 heterocycles. The lowest BCUT2D eigenvalue weighted by molar-refractivity contribution is -0.136. The highest BCUT2D eigenvalue weighted by Gasteiger charge is 2.51. The molecule has 1 aliphatic rings. The van der Waals surface area contributed by atoms with Crippen molar-refractivity contribution in [3.05, 3.63) is 94.8 Å². The molecule has 2 aromatic carbocycles. The Bertz CT molecular complexity index is 1040. The molecule has 4 rings (SSSR count). The zero-order valence-electron chi connectivity index (χ0n) is 14.9. The number of nitrogens with zero attached hydrogens (tertiary/aromatic N) is 2. The van der Waals surface area contributed by atoms with Crippen LogP contribution in [0.2, 0.25) is 5.02 Å². The molecule has 0 radical (unpaired) electrons. The maximum absolute atomic E-state index is 13.2. The number of aromatic nitrogens is 1. The largest absolute Gasteiger partial charge is 0.375 e. The van der Waals surface area contributed by atoms with E-state index in [0.717, 1.165) is 5.56 Å². The van der Waals surface area contributed by atoms with Crippen LogP contribution in [0.4, 0.5) is 5.69 Å². The number of amides is 1. The number of anilines is 1. The number of Topliss-reactive ketones (excluding diaryl/α,β-unsaturated/α-hetero) is 1. The first kappa shape index (κ1) is 18.3. The molecule has 1 aliphatic heterocycles. The second kappa shape index (κ2) is 7.19. The SMILES string of the molecule is O=C(CC1(O)C(=O)N(Cc2ccccc2)c2ccc(Cl)cc21)c1ccccn1. The van der Waals surface area contributed by atoms with Gasteiger partial charge < -0.3 is 10.0 Å². The molecule has 0 fully saturated rings.